The molecule has 1 unspecified atom stereocenters. The van der Waals surface area contributed by atoms with Crippen LogP contribution in [0, 0.1) is 0 Å². The van der Waals surface area contributed by atoms with Crippen molar-refractivity contribution in [3.63, 3.8) is 0 Å². The van der Waals surface area contributed by atoms with Gasteiger partial charge in [0.25, 0.3) is 0 Å². The summed E-state index contributed by atoms with van der Waals surface area (Å²) >= 11 is 0. The molecule has 1 atom stereocenters. The van der Waals surface area contributed by atoms with E-state index >= 15 is 0 Å². The van der Waals surface area contributed by atoms with Gasteiger partial charge in [0.15, 0.2) is 11.5 Å². The molecule has 0 fully saturated rings. The Labute approximate surface area is 104 Å². The van der Waals surface area contributed by atoms with Crippen molar-refractivity contribution in [3.8, 4) is 23.0 Å². The maximum atomic E-state index is 5.83. The Balaban J connectivity index is 1.92. The van der Waals surface area contributed by atoms with Gasteiger partial charge in [0.05, 0.1) is 6.04 Å². The molecule has 6 nitrogen and oxygen atoms in total. The van der Waals surface area contributed by atoms with Crippen molar-refractivity contribution in [2.24, 2.45) is 5.73 Å². The van der Waals surface area contributed by atoms with Gasteiger partial charge in [0.2, 0.25) is 18.6 Å². The first-order valence-electron chi connectivity index (χ1n) is 5.77. The molecule has 18 heavy (non-hydrogen) atoms. The maximum absolute atomic E-state index is 5.83. The molecule has 1 aliphatic rings. The van der Waals surface area contributed by atoms with Crippen LogP contribution in [0.2, 0.25) is 0 Å². The van der Waals surface area contributed by atoms with Crippen LogP contribution in [0.5, 0.6) is 11.5 Å². The smallest absolute Gasteiger partial charge is 0.247 e. The van der Waals surface area contributed by atoms with Gasteiger partial charge < -0.3 is 19.6 Å². The number of aromatic nitrogens is 2. The van der Waals surface area contributed by atoms with Gasteiger partial charge in [-0.2, -0.15) is 0 Å². The molecular weight excluding hydrogens is 234 g/mol. The molecule has 2 N–H and O–H groups in total. The third-order valence-electron chi connectivity index (χ3n) is 2.82. The molecule has 0 saturated heterocycles. The highest BCUT2D eigenvalue weighted by atomic mass is 16.7. The molecule has 2 heterocycles. The third-order valence-corrected chi connectivity index (χ3v) is 2.82. The topological polar surface area (TPSA) is 83.4 Å². The predicted molar refractivity (Wildman–Crippen MR) is 63.1 cm³/mol. The fraction of sp³-hybridized carbons (Fsp3) is 0.333. The summed E-state index contributed by atoms with van der Waals surface area (Å²) in [5.74, 6) is 2.30. The number of nitrogens with zero attached hydrogens (tertiary/aromatic N) is 2. The van der Waals surface area contributed by atoms with Crippen molar-refractivity contribution in [2.45, 2.75) is 19.4 Å². The molecule has 0 spiro atoms. The highest BCUT2D eigenvalue weighted by molar-refractivity contribution is 5.60. The van der Waals surface area contributed by atoms with E-state index in [9.17, 15) is 0 Å². The molecule has 0 amide bonds. The zero-order chi connectivity index (χ0) is 12.5. The van der Waals surface area contributed by atoms with Crippen molar-refractivity contribution in [1.29, 1.82) is 0 Å². The Hall–Kier alpha value is -2.08. The van der Waals surface area contributed by atoms with Crippen LogP contribution in [-0.2, 0) is 0 Å². The number of benzene rings is 1. The Morgan fingerprint density at radius 1 is 1.28 bits per heavy atom. The first-order valence-corrected chi connectivity index (χ1v) is 5.77. The van der Waals surface area contributed by atoms with Gasteiger partial charge in [-0.1, -0.05) is 6.92 Å². The second kappa shape index (κ2) is 4.30. The van der Waals surface area contributed by atoms with Crippen molar-refractivity contribution in [2.75, 3.05) is 6.79 Å². The lowest BCUT2D eigenvalue weighted by molar-refractivity contribution is 0.174. The summed E-state index contributed by atoms with van der Waals surface area (Å²) in [4.78, 5) is 0. The molecule has 3 rings (SSSR count). The Kier molecular flexibility index (Phi) is 2.64. The quantitative estimate of drug-likeness (QED) is 0.891. The van der Waals surface area contributed by atoms with Gasteiger partial charge in [-0.05, 0) is 24.6 Å². The van der Waals surface area contributed by atoms with Crippen LogP contribution < -0.4 is 15.2 Å². The molecule has 0 aliphatic carbocycles. The van der Waals surface area contributed by atoms with Crippen LogP contribution in [0.25, 0.3) is 11.5 Å². The van der Waals surface area contributed by atoms with Crippen LogP contribution in [0.3, 0.4) is 0 Å². The Morgan fingerprint density at radius 2 is 2.11 bits per heavy atom. The molecule has 0 saturated carbocycles. The zero-order valence-electron chi connectivity index (χ0n) is 9.92. The third kappa shape index (κ3) is 1.80. The summed E-state index contributed by atoms with van der Waals surface area (Å²) in [7, 11) is 0. The van der Waals surface area contributed by atoms with E-state index in [1.807, 2.05) is 25.1 Å². The molecule has 0 radical (unpaired) electrons. The molecule has 1 aliphatic heterocycles. The molecule has 1 aromatic carbocycles. The Bertz CT molecular complexity index is 567. The van der Waals surface area contributed by atoms with E-state index in [-0.39, 0.29) is 12.8 Å². The normalized spacial score (nSPS) is 14.8. The number of hydrogen-bond donors (Lipinski definition) is 1. The lowest BCUT2D eigenvalue weighted by atomic mass is 10.2. The summed E-state index contributed by atoms with van der Waals surface area (Å²) < 4.78 is 16.1. The van der Waals surface area contributed by atoms with Gasteiger partial charge in [-0.3, -0.25) is 0 Å². The minimum Gasteiger partial charge on any atom is -0.454 e. The van der Waals surface area contributed by atoms with E-state index in [0.29, 0.717) is 17.5 Å². The van der Waals surface area contributed by atoms with E-state index in [4.69, 9.17) is 19.6 Å². The van der Waals surface area contributed by atoms with E-state index in [0.717, 1.165) is 17.7 Å². The molecule has 0 bridgehead atoms. The van der Waals surface area contributed by atoms with E-state index in [1.165, 1.54) is 0 Å². The van der Waals surface area contributed by atoms with Crippen LogP contribution in [0.15, 0.2) is 22.6 Å². The summed E-state index contributed by atoms with van der Waals surface area (Å²) in [5.41, 5.74) is 6.63. The Morgan fingerprint density at radius 3 is 2.94 bits per heavy atom. The summed E-state index contributed by atoms with van der Waals surface area (Å²) in [6.45, 7) is 2.21. The number of nitrogens with two attached hydrogens (primary N) is 1. The van der Waals surface area contributed by atoms with Gasteiger partial charge in [-0.15, -0.1) is 10.2 Å². The van der Waals surface area contributed by atoms with Gasteiger partial charge in [-0.25, -0.2) is 0 Å². The predicted octanol–water partition coefficient (Wildman–Crippen LogP) is 1.88. The molecular formula is C12H13N3O3. The lowest BCUT2D eigenvalue weighted by Crippen LogP contribution is -2.08. The van der Waals surface area contributed by atoms with Crippen LogP contribution in [-0.4, -0.2) is 17.0 Å². The van der Waals surface area contributed by atoms with E-state index < -0.39 is 0 Å². The summed E-state index contributed by atoms with van der Waals surface area (Å²) in [6.07, 6.45) is 0.753. The van der Waals surface area contributed by atoms with Crippen molar-refractivity contribution in [1.82, 2.24) is 10.2 Å². The maximum Gasteiger partial charge on any atom is 0.247 e. The zero-order valence-corrected chi connectivity index (χ0v) is 9.92. The molecule has 1 aromatic heterocycles. The number of fused-ring (bicyclic) bond motifs is 1. The lowest BCUT2D eigenvalue weighted by Gasteiger charge is -2.01. The fourth-order valence-electron chi connectivity index (χ4n) is 1.71. The first-order chi connectivity index (χ1) is 8.78. The average Bonchev–Trinajstić information content (AvgIpc) is 3.05. The van der Waals surface area contributed by atoms with Crippen molar-refractivity contribution >= 4 is 0 Å². The van der Waals surface area contributed by atoms with Crippen molar-refractivity contribution < 1.29 is 13.9 Å². The summed E-state index contributed by atoms with van der Waals surface area (Å²) in [6, 6.07) is 5.26. The van der Waals surface area contributed by atoms with Crippen LogP contribution >= 0.6 is 0 Å². The fourth-order valence-corrected chi connectivity index (χ4v) is 1.71. The highest BCUT2D eigenvalue weighted by Gasteiger charge is 2.18. The van der Waals surface area contributed by atoms with Crippen LogP contribution in [0.1, 0.15) is 25.3 Å². The van der Waals surface area contributed by atoms with Crippen molar-refractivity contribution in [3.05, 3.63) is 24.1 Å². The SMILES string of the molecule is CCC(N)c1nnc(-c2ccc3c(c2)OCO3)o1. The van der Waals surface area contributed by atoms with Crippen LogP contribution in [0.4, 0.5) is 0 Å². The molecule has 6 heteroatoms. The van der Waals surface area contributed by atoms with E-state index in [2.05, 4.69) is 10.2 Å². The number of hydrogen-bond acceptors (Lipinski definition) is 6. The van der Waals surface area contributed by atoms with Gasteiger partial charge >= 0.3 is 0 Å². The van der Waals surface area contributed by atoms with Gasteiger partial charge in [0, 0.05) is 5.56 Å². The minimum atomic E-state index is -0.222. The monoisotopic (exact) mass is 247 g/mol. The highest BCUT2D eigenvalue weighted by Crippen LogP contribution is 2.35. The molecule has 2 aromatic rings. The number of rotatable bonds is 3. The second-order valence-electron chi connectivity index (χ2n) is 4.03. The standard InChI is InChI=1S/C12H13N3O3/c1-2-8(13)12-15-14-11(18-12)7-3-4-9-10(5-7)17-6-16-9/h3-5,8H,2,6,13H2,1H3. The second-order valence-corrected chi connectivity index (χ2v) is 4.03. The average molecular weight is 247 g/mol. The minimum absolute atomic E-state index is 0.222. The van der Waals surface area contributed by atoms with E-state index in [1.54, 1.807) is 0 Å². The number of ether oxygens (including phenoxy) is 2. The van der Waals surface area contributed by atoms with Gasteiger partial charge in [0.1, 0.15) is 0 Å². The molecule has 94 valence electrons. The summed E-state index contributed by atoms with van der Waals surface area (Å²) in [5, 5.41) is 7.93. The first kappa shape index (κ1) is 11.0. The largest absolute Gasteiger partial charge is 0.454 e.